The number of alkyl halides is 3. The van der Waals surface area contributed by atoms with E-state index in [1.54, 1.807) is 24.4 Å². The van der Waals surface area contributed by atoms with Crippen LogP contribution in [-0.4, -0.2) is 28.2 Å². The van der Waals surface area contributed by atoms with Gasteiger partial charge < -0.3 is 16.0 Å². The molecule has 0 bridgehead atoms. The highest BCUT2D eigenvalue weighted by Gasteiger charge is 2.38. The summed E-state index contributed by atoms with van der Waals surface area (Å²) in [5.41, 5.74) is 2.86. The molecule has 1 atom stereocenters. The number of allylic oxidation sites excluding steroid dienone is 1. The zero-order valence-electron chi connectivity index (χ0n) is 14.5. The van der Waals surface area contributed by atoms with Crippen molar-refractivity contribution in [3.8, 4) is 11.3 Å². The molecule has 146 valence electrons. The van der Waals surface area contributed by atoms with Gasteiger partial charge in [0, 0.05) is 17.5 Å². The van der Waals surface area contributed by atoms with Gasteiger partial charge in [-0.05, 0) is 30.7 Å². The standard InChI is InChI=1S/C18H15ClF3N5O/c1-10-2-3-11(6-13(10)14-8-23-9-16(19)27-14)25-17(28)26-12-4-5-15(24-7-12)18(20,21)22/h2-9,15,24H,1H3,(H2,25,26,28). The molecule has 2 amide bonds. The summed E-state index contributed by atoms with van der Waals surface area (Å²) in [6.07, 6.45) is 1.78. The van der Waals surface area contributed by atoms with Crippen molar-refractivity contribution in [2.75, 3.05) is 5.32 Å². The number of halogens is 4. The van der Waals surface area contributed by atoms with Gasteiger partial charge >= 0.3 is 12.2 Å². The van der Waals surface area contributed by atoms with E-state index in [9.17, 15) is 18.0 Å². The Morgan fingerprint density at radius 3 is 2.68 bits per heavy atom. The SMILES string of the molecule is Cc1ccc(NC(=O)NC2=CNC(C(F)(F)F)C=C2)cc1-c1cncc(Cl)n1. The van der Waals surface area contributed by atoms with E-state index in [1.807, 2.05) is 6.92 Å². The summed E-state index contributed by atoms with van der Waals surface area (Å²) >= 11 is 5.88. The van der Waals surface area contributed by atoms with Crippen molar-refractivity contribution in [3.05, 3.63) is 65.4 Å². The van der Waals surface area contributed by atoms with E-state index in [2.05, 4.69) is 25.9 Å². The third kappa shape index (κ3) is 4.80. The number of dihydropyridines is 1. The molecule has 3 rings (SSSR count). The maximum absolute atomic E-state index is 12.6. The molecule has 6 nitrogen and oxygen atoms in total. The number of carbonyl (C=O) groups excluding carboxylic acids is 1. The summed E-state index contributed by atoms with van der Waals surface area (Å²) in [6.45, 7) is 1.88. The lowest BCUT2D eigenvalue weighted by Crippen LogP contribution is -2.41. The zero-order valence-corrected chi connectivity index (χ0v) is 15.3. The Bertz CT molecular complexity index is 958. The summed E-state index contributed by atoms with van der Waals surface area (Å²) in [6, 6.07) is 2.82. The fourth-order valence-electron chi connectivity index (χ4n) is 2.51. The maximum Gasteiger partial charge on any atom is 0.412 e. The summed E-state index contributed by atoms with van der Waals surface area (Å²) in [7, 11) is 0. The van der Waals surface area contributed by atoms with Gasteiger partial charge in [-0.2, -0.15) is 13.2 Å². The largest absolute Gasteiger partial charge is 0.412 e. The normalized spacial score (nSPS) is 16.2. The predicted octanol–water partition coefficient (Wildman–Crippen LogP) is 4.16. The molecule has 1 aromatic heterocycles. The molecule has 0 saturated carbocycles. The second kappa shape index (κ2) is 7.89. The number of nitrogens with one attached hydrogen (secondary N) is 3. The first-order chi connectivity index (χ1) is 13.2. The molecule has 28 heavy (non-hydrogen) atoms. The lowest BCUT2D eigenvalue weighted by molar-refractivity contribution is -0.142. The minimum Gasteiger partial charge on any atom is -0.375 e. The van der Waals surface area contributed by atoms with Gasteiger partial charge in [0.2, 0.25) is 0 Å². The van der Waals surface area contributed by atoms with Crippen LogP contribution in [0.2, 0.25) is 5.15 Å². The van der Waals surface area contributed by atoms with E-state index in [4.69, 9.17) is 11.6 Å². The molecule has 0 fully saturated rings. The molecule has 1 aliphatic rings. The van der Waals surface area contributed by atoms with Gasteiger partial charge in [-0.1, -0.05) is 23.7 Å². The number of benzene rings is 1. The first kappa shape index (κ1) is 19.7. The number of hydrogen-bond donors (Lipinski definition) is 3. The van der Waals surface area contributed by atoms with Crippen LogP contribution in [0.3, 0.4) is 0 Å². The van der Waals surface area contributed by atoms with Gasteiger partial charge in [0.05, 0.1) is 23.8 Å². The third-order valence-electron chi connectivity index (χ3n) is 3.87. The van der Waals surface area contributed by atoms with E-state index in [0.717, 1.165) is 23.4 Å². The molecular weight excluding hydrogens is 395 g/mol. The van der Waals surface area contributed by atoms with E-state index in [-0.39, 0.29) is 10.9 Å². The summed E-state index contributed by atoms with van der Waals surface area (Å²) in [5.74, 6) is 0. The van der Waals surface area contributed by atoms with E-state index >= 15 is 0 Å². The van der Waals surface area contributed by atoms with Gasteiger partial charge in [-0.25, -0.2) is 9.78 Å². The van der Waals surface area contributed by atoms with Crippen LogP contribution in [0.4, 0.5) is 23.7 Å². The maximum atomic E-state index is 12.6. The molecule has 0 spiro atoms. The number of aryl methyl sites for hydroxylation is 1. The predicted molar refractivity (Wildman–Crippen MR) is 99.6 cm³/mol. The molecule has 0 radical (unpaired) electrons. The van der Waals surface area contributed by atoms with Gasteiger partial charge in [-0.3, -0.25) is 4.98 Å². The Morgan fingerprint density at radius 2 is 2.04 bits per heavy atom. The number of amides is 2. The van der Waals surface area contributed by atoms with Crippen LogP contribution in [0.5, 0.6) is 0 Å². The Hall–Kier alpha value is -3.07. The second-order valence-corrected chi connectivity index (χ2v) is 6.37. The Labute approximate surface area is 163 Å². The van der Waals surface area contributed by atoms with Gasteiger partial charge in [-0.15, -0.1) is 0 Å². The lowest BCUT2D eigenvalue weighted by Gasteiger charge is -2.21. The van der Waals surface area contributed by atoms with Crippen molar-refractivity contribution in [2.24, 2.45) is 0 Å². The van der Waals surface area contributed by atoms with Crippen molar-refractivity contribution >= 4 is 23.3 Å². The fraction of sp³-hybridized carbons (Fsp3) is 0.167. The molecular formula is C18H15ClF3N5O. The van der Waals surface area contributed by atoms with E-state index in [1.165, 1.54) is 12.3 Å². The molecule has 2 aromatic rings. The number of rotatable bonds is 3. The number of urea groups is 1. The average molecular weight is 410 g/mol. The number of anilines is 1. The summed E-state index contributed by atoms with van der Waals surface area (Å²) in [5, 5.41) is 7.52. The third-order valence-corrected chi connectivity index (χ3v) is 4.06. The molecule has 10 heteroatoms. The van der Waals surface area contributed by atoms with Gasteiger partial charge in [0.1, 0.15) is 11.2 Å². The van der Waals surface area contributed by atoms with Crippen molar-refractivity contribution in [1.29, 1.82) is 0 Å². The van der Waals surface area contributed by atoms with Crippen molar-refractivity contribution < 1.29 is 18.0 Å². The molecule has 1 unspecified atom stereocenters. The van der Waals surface area contributed by atoms with Crippen LogP contribution in [0.15, 0.2) is 54.6 Å². The first-order valence-corrected chi connectivity index (χ1v) is 8.48. The lowest BCUT2D eigenvalue weighted by atomic mass is 10.1. The monoisotopic (exact) mass is 409 g/mol. The van der Waals surface area contributed by atoms with E-state index < -0.39 is 18.2 Å². The fourth-order valence-corrected chi connectivity index (χ4v) is 2.65. The van der Waals surface area contributed by atoms with Crippen LogP contribution in [0.1, 0.15) is 5.56 Å². The highest BCUT2D eigenvalue weighted by molar-refractivity contribution is 6.29. The zero-order chi connectivity index (χ0) is 20.3. The van der Waals surface area contributed by atoms with Crippen LogP contribution in [0.25, 0.3) is 11.3 Å². The molecule has 0 aliphatic carbocycles. The van der Waals surface area contributed by atoms with Crippen molar-refractivity contribution in [1.82, 2.24) is 20.6 Å². The number of nitrogens with zero attached hydrogens (tertiary/aromatic N) is 2. The topological polar surface area (TPSA) is 78.9 Å². The highest BCUT2D eigenvalue weighted by Crippen LogP contribution is 2.26. The van der Waals surface area contributed by atoms with Crippen LogP contribution in [0, 0.1) is 6.92 Å². The minimum atomic E-state index is -4.40. The van der Waals surface area contributed by atoms with Crippen LogP contribution in [-0.2, 0) is 0 Å². The number of hydrogen-bond acceptors (Lipinski definition) is 4. The second-order valence-electron chi connectivity index (χ2n) is 5.98. The highest BCUT2D eigenvalue weighted by atomic mass is 35.5. The molecule has 0 saturated heterocycles. The number of carbonyl (C=O) groups is 1. The molecule has 2 heterocycles. The van der Waals surface area contributed by atoms with Crippen LogP contribution < -0.4 is 16.0 Å². The number of aromatic nitrogens is 2. The quantitative estimate of drug-likeness (QED) is 0.711. The van der Waals surface area contributed by atoms with Crippen molar-refractivity contribution in [3.63, 3.8) is 0 Å². The van der Waals surface area contributed by atoms with Gasteiger partial charge in [0.25, 0.3) is 0 Å². The van der Waals surface area contributed by atoms with Gasteiger partial charge in [0.15, 0.2) is 0 Å². The summed E-state index contributed by atoms with van der Waals surface area (Å²) < 4.78 is 37.8. The van der Waals surface area contributed by atoms with Crippen LogP contribution >= 0.6 is 11.6 Å². The Morgan fingerprint density at radius 1 is 1.25 bits per heavy atom. The summed E-state index contributed by atoms with van der Waals surface area (Å²) in [4.78, 5) is 20.3. The molecule has 3 N–H and O–H groups in total. The molecule has 1 aliphatic heterocycles. The van der Waals surface area contributed by atoms with Crippen molar-refractivity contribution in [2.45, 2.75) is 19.1 Å². The average Bonchev–Trinajstić information content (AvgIpc) is 2.63. The van der Waals surface area contributed by atoms with E-state index in [0.29, 0.717) is 11.4 Å². The Kier molecular flexibility index (Phi) is 5.55. The smallest absolute Gasteiger partial charge is 0.375 e. The molecule has 1 aromatic carbocycles. The first-order valence-electron chi connectivity index (χ1n) is 8.10. The minimum absolute atomic E-state index is 0.200. The Balaban J connectivity index is 1.68.